The summed E-state index contributed by atoms with van der Waals surface area (Å²) in [6.45, 7) is 0.865. The average Bonchev–Trinajstić information content (AvgIpc) is 2.94. The van der Waals surface area contributed by atoms with Crippen LogP contribution in [0.2, 0.25) is 0 Å². The fraction of sp³-hybridized carbons (Fsp3) is 0.533. The van der Waals surface area contributed by atoms with Crippen molar-refractivity contribution < 1.29 is 19.6 Å². The van der Waals surface area contributed by atoms with Crippen LogP contribution in [-0.4, -0.2) is 57.8 Å². The first-order valence-electron chi connectivity index (χ1n) is 7.64. The Morgan fingerprint density at radius 1 is 1.46 bits per heavy atom. The maximum absolute atomic E-state index is 12.2. The number of nitrogens with two attached hydrogens (primary N) is 1. The Balaban J connectivity index is 1.86. The minimum atomic E-state index is -0.541. The van der Waals surface area contributed by atoms with Gasteiger partial charge < -0.3 is 20.5 Å². The lowest BCUT2D eigenvalue weighted by Crippen LogP contribution is -2.37. The highest BCUT2D eigenvalue weighted by Gasteiger charge is 2.35. The minimum absolute atomic E-state index is 0.00951. The number of benzene rings is 1. The smallest absolute Gasteiger partial charge is 0.410 e. The number of hydrogen-bond acceptors (Lipinski definition) is 7. The fourth-order valence-corrected chi connectivity index (χ4v) is 3.44. The van der Waals surface area contributed by atoms with Gasteiger partial charge in [0.15, 0.2) is 0 Å². The van der Waals surface area contributed by atoms with Crippen molar-refractivity contribution in [2.75, 3.05) is 24.6 Å². The molecule has 1 aliphatic rings. The Hall–Kier alpha value is -1.84. The number of rotatable bonds is 7. The van der Waals surface area contributed by atoms with Gasteiger partial charge in [0.2, 0.25) is 0 Å². The van der Waals surface area contributed by atoms with Crippen molar-refractivity contribution in [3.05, 3.63) is 39.9 Å². The van der Waals surface area contributed by atoms with Gasteiger partial charge in [0, 0.05) is 36.2 Å². The first kappa shape index (κ1) is 18.5. The van der Waals surface area contributed by atoms with E-state index in [-0.39, 0.29) is 24.9 Å². The van der Waals surface area contributed by atoms with Crippen molar-refractivity contribution in [3.63, 3.8) is 0 Å². The van der Waals surface area contributed by atoms with E-state index in [1.54, 1.807) is 28.8 Å². The second kappa shape index (κ2) is 8.86. The van der Waals surface area contributed by atoms with Gasteiger partial charge in [-0.2, -0.15) is 11.8 Å². The van der Waals surface area contributed by atoms with E-state index in [2.05, 4.69) is 0 Å². The third-order valence-electron chi connectivity index (χ3n) is 3.71. The number of aliphatic hydroxyl groups excluding tert-OH is 1. The second-order valence-corrected chi connectivity index (χ2v) is 6.69. The molecule has 24 heavy (non-hydrogen) atoms. The molecule has 1 aromatic rings. The number of non-ortho nitro benzene ring substituents is 1. The van der Waals surface area contributed by atoms with Gasteiger partial charge in [-0.05, 0) is 24.1 Å². The van der Waals surface area contributed by atoms with Crippen LogP contribution < -0.4 is 5.73 Å². The molecule has 0 radical (unpaired) electrons. The molecule has 1 aliphatic heterocycles. The molecule has 8 nitrogen and oxygen atoms in total. The zero-order chi connectivity index (χ0) is 17.5. The van der Waals surface area contributed by atoms with E-state index in [1.165, 1.54) is 12.1 Å². The lowest BCUT2D eigenvalue weighted by atomic mass is 10.2. The van der Waals surface area contributed by atoms with Crippen LogP contribution in [0, 0.1) is 10.1 Å². The van der Waals surface area contributed by atoms with Crippen LogP contribution in [0.5, 0.6) is 0 Å². The summed E-state index contributed by atoms with van der Waals surface area (Å²) in [6, 6.07) is 5.78. The number of nitro groups is 1. The second-order valence-electron chi connectivity index (χ2n) is 5.54. The number of β-amino-alcohol motifs (C(OH)–C–C–N with tert-alkyl or cyclic N) is 1. The zero-order valence-electron chi connectivity index (χ0n) is 13.2. The Morgan fingerprint density at radius 3 is 2.79 bits per heavy atom. The highest BCUT2D eigenvalue weighted by atomic mass is 32.2. The van der Waals surface area contributed by atoms with Crippen LogP contribution >= 0.6 is 11.8 Å². The maximum Gasteiger partial charge on any atom is 0.410 e. The lowest BCUT2D eigenvalue weighted by Gasteiger charge is -2.23. The van der Waals surface area contributed by atoms with Crippen LogP contribution in [0.1, 0.15) is 12.0 Å². The molecular weight excluding hydrogens is 334 g/mol. The molecule has 0 saturated carbocycles. The number of nitro benzene ring substituents is 1. The van der Waals surface area contributed by atoms with E-state index in [1.807, 2.05) is 0 Å². The van der Waals surface area contributed by atoms with Gasteiger partial charge in [0.1, 0.15) is 6.61 Å². The van der Waals surface area contributed by atoms with E-state index < -0.39 is 17.1 Å². The van der Waals surface area contributed by atoms with Gasteiger partial charge in [-0.25, -0.2) is 4.79 Å². The van der Waals surface area contributed by atoms with E-state index in [0.717, 1.165) is 5.75 Å². The third-order valence-corrected chi connectivity index (χ3v) is 4.85. The van der Waals surface area contributed by atoms with E-state index in [9.17, 15) is 20.0 Å². The molecule has 0 spiro atoms. The molecule has 9 heteroatoms. The first-order chi connectivity index (χ1) is 11.5. The van der Waals surface area contributed by atoms with Gasteiger partial charge in [0.25, 0.3) is 5.69 Å². The molecule has 1 saturated heterocycles. The summed E-state index contributed by atoms with van der Waals surface area (Å²) in [7, 11) is 0. The van der Waals surface area contributed by atoms with Crippen molar-refractivity contribution in [3.8, 4) is 0 Å². The van der Waals surface area contributed by atoms with Crippen molar-refractivity contribution >= 4 is 23.5 Å². The maximum atomic E-state index is 12.2. The zero-order valence-corrected chi connectivity index (χ0v) is 14.0. The number of aliphatic hydroxyl groups is 1. The van der Waals surface area contributed by atoms with Crippen molar-refractivity contribution in [2.24, 2.45) is 5.73 Å². The average molecular weight is 355 g/mol. The predicted octanol–water partition coefficient (Wildman–Crippen LogP) is 1.36. The molecule has 0 aliphatic carbocycles. The van der Waals surface area contributed by atoms with Gasteiger partial charge in [-0.15, -0.1) is 0 Å². The Kier molecular flexibility index (Phi) is 6.83. The molecule has 1 aromatic carbocycles. The predicted molar refractivity (Wildman–Crippen MR) is 90.8 cm³/mol. The fourth-order valence-electron chi connectivity index (χ4n) is 2.52. The van der Waals surface area contributed by atoms with Crippen LogP contribution in [0.3, 0.4) is 0 Å². The molecule has 0 bridgehead atoms. The molecule has 1 fully saturated rings. The van der Waals surface area contributed by atoms with Gasteiger partial charge in [-0.3, -0.25) is 10.1 Å². The standard InChI is InChI=1S/C15H21N3O5S/c16-5-6-24-10-13-7-14(19)8-17(13)15(20)23-9-11-1-3-12(4-2-11)18(21)22/h1-4,13-14,19H,5-10,16H2/t13-,14+/m0/s1. The van der Waals surface area contributed by atoms with Gasteiger partial charge >= 0.3 is 6.09 Å². The summed E-state index contributed by atoms with van der Waals surface area (Å²) in [5.41, 5.74) is 6.12. The Bertz CT molecular complexity index is 569. The monoisotopic (exact) mass is 355 g/mol. The molecule has 1 amide bonds. The van der Waals surface area contributed by atoms with Crippen LogP contribution in [-0.2, 0) is 11.3 Å². The number of nitrogens with zero attached hydrogens (tertiary/aromatic N) is 2. The van der Waals surface area contributed by atoms with Crippen LogP contribution in [0.4, 0.5) is 10.5 Å². The third kappa shape index (κ3) is 5.08. The number of likely N-dealkylation sites (tertiary alicyclic amines) is 1. The highest BCUT2D eigenvalue weighted by Crippen LogP contribution is 2.23. The summed E-state index contributed by atoms with van der Waals surface area (Å²) in [5.74, 6) is 1.51. The van der Waals surface area contributed by atoms with Crippen molar-refractivity contribution in [1.82, 2.24) is 4.90 Å². The summed E-state index contributed by atoms with van der Waals surface area (Å²) < 4.78 is 5.27. The molecule has 2 atom stereocenters. The minimum Gasteiger partial charge on any atom is -0.445 e. The molecule has 0 unspecified atom stereocenters. The van der Waals surface area contributed by atoms with Gasteiger partial charge in [-0.1, -0.05) is 0 Å². The van der Waals surface area contributed by atoms with E-state index in [4.69, 9.17) is 10.5 Å². The molecule has 1 heterocycles. The van der Waals surface area contributed by atoms with Crippen LogP contribution in [0.25, 0.3) is 0 Å². The molecule has 132 valence electrons. The number of carbonyl (C=O) groups is 1. The molecule has 0 aromatic heterocycles. The summed E-state index contributed by atoms with van der Waals surface area (Å²) >= 11 is 1.64. The van der Waals surface area contributed by atoms with Crippen LogP contribution in [0.15, 0.2) is 24.3 Å². The Morgan fingerprint density at radius 2 is 2.17 bits per heavy atom. The summed E-state index contributed by atoms with van der Waals surface area (Å²) in [6.07, 6.45) is -0.492. The molecule has 2 rings (SSSR count). The SMILES string of the molecule is NCCSC[C@@H]1C[C@@H](O)CN1C(=O)OCc1ccc([N+](=O)[O-])cc1. The van der Waals surface area contributed by atoms with Gasteiger partial charge in [0.05, 0.1) is 17.6 Å². The highest BCUT2D eigenvalue weighted by molar-refractivity contribution is 7.99. The number of amides is 1. The van der Waals surface area contributed by atoms with Crippen molar-refractivity contribution in [1.29, 1.82) is 0 Å². The normalized spacial score (nSPS) is 20.2. The molecular formula is C15H21N3O5S. The Labute approximate surface area is 144 Å². The number of carbonyl (C=O) groups excluding carboxylic acids is 1. The number of hydrogen-bond donors (Lipinski definition) is 2. The molecule has 3 N–H and O–H groups in total. The first-order valence-corrected chi connectivity index (χ1v) is 8.79. The number of thioether (sulfide) groups is 1. The topological polar surface area (TPSA) is 119 Å². The van der Waals surface area contributed by atoms with E-state index in [0.29, 0.717) is 24.3 Å². The van der Waals surface area contributed by atoms with Crippen molar-refractivity contribution in [2.45, 2.75) is 25.2 Å². The van der Waals surface area contributed by atoms with E-state index >= 15 is 0 Å². The largest absolute Gasteiger partial charge is 0.445 e. The summed E-state index contributed by atoms with van der Waals surface area (Å²) in [5, 5.41) is 20.4. The lowest BCUT2D eigenvalue weighted by molar-refractivity contribution is -0.384. The summed E-state index contributed by atoms with van der Waals surface area (Å²) in [4.78, 5) is 23.9. The number of ether oxygens (including phenoxy) is 1. The quantitative estimate of drug-likeness (QED) is 0.430.